The molecule has 0 radical (unpaired) electrons. The van der Waals surface area contributed by atoms with E-state index in [-0.39, 0.29) is 6.04 Å². The van der Waals surface area contributed by atoms with Gasteiger partial charge < -0.3 is 10.1 Å². The molecule has 4 nitrogen and oxygen atoms in total. The third-order valence-corrected chi connectivity index (χ3v) is 5.89. The van der Waals surface area contributed by atoms with E-state index >= 15 is 0 Å². The van der Waals surface area contributed by atoms with E-state index in [1.165, 1.54) is 0 Å². The van der Waals surface area contributed by atoms with Gasteiger partial charge in [0.05, 0.1) is 22.7 Å². The first-order valence-corrected chi connectivity index (χ1v) is 9.52. The number of benzene rings is 2. The second kappa shape index (κ2) is 6.56. The SMILES string of the molecule is CC(c1nc2ccccc2[nH]1)N1CCC(O)(c2ccc(Br)cc2)CC1. The molecule has 2 heterocycles. The first kappa shape index (κ1) is 16.8. The molecule has 130 valence electrons. The first-order valence-electron chi connectivity index (χ1n) is 8.72. The Balaban J connectivity index is 1.48. The van der Waals surface area contributed by atoms with Gasteiger partial charge in [-0.15, -0.1) is 0 Å². The first-order chi connectivity index (χ1) is 12.0. The molecule has 0 spiro atoms. The number of nitrogens with zero attached hydrogens (tertiary/aromatic N) is 2. The molecule has 2 aromatic carbocycles. The van der Waals surface area contributed by atoms with Crippen LogP contribution in [0.25, 0.3) is 11.0 Å². The maximum absolute atomic E-state index is 11.1. The lowest BCUT2D eigenvalue weighted by Gasteiger charge is -2.40. The Labute approximate surface area is 156 Å². The van der Waals surface area contributed by atoms with Crippen molar-refractivity contribution in [3.05, 3.63) is 64.4 Å². The van der Waals surface area contributed by atoms with Crippen LogP contribution in [0.1, 0.15) is 37.2 Å². The molecule has 0 aliphatic carbocycles. The van der Waals surface area contributed by atoms with E-state index in [1.54, 1.807) is 0 Å². The van der Waals surface area contributed by atoms with Gasteiger partial charge in [0.15, 0.2) is 0 Å². The summed E-state index contributed by atoms with van der Waals surface area (Å²) < 4.78 is 1.04. The lowest BCUT2D eigenvalue weighted by atomic mass is 9.84. The van der Waals surface area contributed by atoms with Crippen molar-refractivity contribution >= 4 is 27.0 Å². The summed E-state index contributed by atoms with van der Waals surface area (Å²) in [6, 6.07) is 16.4. The second-order valence-corrected chi connectivity index (χ2v) is 7.81. The highest BCUT2D eigenvalue weighted by Gasteiger charge is 2.35. The molecule has 1 aliphatic heterocycles. The van der Waals surface area contributed by atoms with E-state index in [0.717, 1.165) is 52.8 Å². The zero-order valence-corrected chi connectivity index (χ0v) is 15.8. The summed E-state index contributed by atoms with van der Waals surface area (Å²) >= 11 is 3.46. The normalized spacial score (nSPS) is 19.2. The fourth-order valence-electron chi connectivity index (χ4n) is 3.67. The number of rotatable bonds is 3. The Morgan fingerprint density at radius 2 is 1.80 bits per heavy atom. The number of aromatic nitrogens is 2. The number of para-hydroxylation sites is 2. The van der Waals surface area contributed by atoms with E-state index < -0.39 is 5.60 Å². The third-order valence-electron chi connectivity index (χ3n) is 5.36. The lowest BCUT2D eigenvalue weighted by Crippen LogP contribution is -2.43. The second-order valence-electron chi connectivity index (χ2n) is 6.89. The van der Waals surface area contributed by atoms with Crippen molar-refractivity contribution in [3.8, 4) is 0 Å². The van der Waals surface area contributed by atoms with Crippen molar-refractivity contribution in [1.29, 1.82) is 0 Å². The van der Waals surface area contributed by atoms with Gasteiger partial charge in [0.25, 0.3) is 0 Å². The van der Waals surface area contributed by atoms with Crippen molar-refractivity contribution in [2.24, 2.45) is 0 Å². The predicted molar refractivity (Wildman–Crippen MR) is 103 cm³/mol. The summed E-state index contributed by atoms with van der Waals surface area (Å²) in [4.78, 5) is 10.6. The van der Waals surface area contributed by atoms with Crippen LogP contribution in [0.2, 0.25) is 0 Å². The zero-order chi connectivity index (χ0) is 17.4. The molecule has 0 bridgehead atoms. The standard InChI is InChI=1S/C20H22BrN3O/c1-14(19-22-17-4-2-3-5-18(17)23-19)24-12-10-20(25,11-13-24)15-6-8-16(21)9-7-15/h2-9,14,25H,10-13H2,1H3,(H,22,23). The highest BCUT2D eigenvalue weighted by molar-refractivity contribution is 9.10. The number of aliphatic hydroxyl groups is 1. The minimum Gasteiger partial charge on any atom is -0.385 e. The molecular formula is C20H22BrN3O. The molecule has 1 aromatic heterocycles. The van der Waals surface area contributed by atoms with Gasteiger partial charge in [-0.25, -0.2) is 4.98 Å². The van der Waals surface area contributed by atoms with E-state index in [2.05, 4.69) is 38.8 Å². The maximum atomic E-state index is 11.1. The molecule has 0 saturated carbocycles. The fraction of sp³-hybridized carbons (Fsp3) is 0.350. The van der Waals surface area contributed by atoms with Gasteiger partial charge in [-0.1, -0.05) is 40.2 Å². The number of aromatic amines is 1. The summed E-state index contributed by atoms with van der Waals surface area (Å²) in [6.45, 7) is 3.89. The van der Waals surface area contributed by atoms with E-state index in [4.69, 9.17) is 4.98 Å². The molecule has 5 heteroatoms. The van der Waals surface area contributed by atoms with Crippen LogP contribution in [0.4, 0.5) is 0 Å². The molecule has 25 heavy (non-hydrogen) atoms. The number of piperidine rings is 1. The molecule has 1 unspecified atom stereocenters. The Kier molecular flexibility index (Phi) is 4.40. The summed E-state index contributed by atoms with van der Waals surface area (Å²) in [6.07, 6.45) is 1.47. The van der Waals surface area contributed by atoms with Crippen LogP contribution in [-0.2, 0) is 5.60 Å². The Morgan fingerprint density at radius 3 is 2.48 bits per heavy atom. The van der Waals surface area contributed by atoms with E-state index in [1.807, 2.05) is 42.5 Å². The zero-order valence-electron chi connectivity index (χ0n) is 14.2. The van der Waals surface area contributed by atoms with Crippen molar-refractivity contribution in [2.75, 3.05) is 13.1 Å². The molecule has 1 saturated heterocycles. The molecule has 2 N–H and O–H groups in total. The quantitative estimate of drug-likeness (QED) is 0.687. The van der Waals surface area contributed by atoms with Crippen molar-refractivity contribution < 1.29 is 5.11 Å². The van der Waals surface area contributed by atoms with E-state index in [0.29, 0.717) is 0 Å². The predicted octanol–water partition coefficient (Wildman–Crippen LogP) is 4.37. The number of likely N-dealkylation sites (tertiary alicyclic amines) is 1. The molecular weight excluding hydrogens is 378 g/mol. The van der Waals surface area contributed by atoms with Gasteiger partial charge in [0, 0.05) is 17.6 Å². The molecule has 1 fully saturated rings. The highest BCUT2D eigenvalue weighted by atomic mass is 79.9. The van der Waals surface area contributed by atoms with Crippen LogP contribution >= 0.6 is 15.9 Å². The topological polar surface area (TPSA) is 52.2 Å². The number of imidazole rings is 1. The van der Waals surface area contributed by atoms with Gasteiger partial charge in [-0.3, -0.25) is 4.90 Å². The van der Waals surface area contributed by atoms with E-state index in [9.17, 15) is 5.11 Å². The number of hydrogen-bond acceptors (Lipinski definition) is 3. The molecule has 0 amide bonds. The van der Waals surface area contributed by atoms with Crippen LogP contribution in [0.3, 0.4) is 0 Å². The third kappa shape index (κ3) is 3.24. The molecule has 4 rings (SSSR count). The smallest absolute Gasteiger partial charge is 0.124 e. The number of nitrogens with one attached hydrogen (secondary N) is 1. The maximum Gasteiger partial charge on any atom is 0.124 e. The average Bonchev–Trinajstić information content (AvgIpc) is 3.06. The van der Waals surface area contributed by atoms with Crippen LogP contribution < -0.4 is 0 Å². The number of fused-ring (bicyclic) bond motifs is 1. The minimum atomic E-state index is -0.731. The Bertz CT molecular complexity index is 833. The Hall–Kier alpha value is -1.69. The summed E-state index contributed by atoms with van der Waals surface area (Å²) in [5.74, 6) is 0.996. The van der Waals surface area contributed by atoms with Crippen LogP contribution in [-0.4, -0.2) is 33.1 Å². The van der Waals surface area contributed by atoms with Gasteiger partial charge >= 0.3 is 0 Å². The fourth-order valence-corrected chi connectivity index (χ4v) is 3.94. The summed E-state index contributed by atoms with van der Waals surface area (Å²) in [5, 5.41) is 11.1. The largest absolute Gasteiger partial charge is 0.385 e. The summed E-state index contributed by atoms with van der Waals surface area (Å²) in [7, 11) is 0. The average molecular weight is 400 g/mol. The van der Waals surface area contributed by atoms with Gasteiger partial charge in [-0.05, 0) is 49.6 Å². The van der Waals surface area contributed by atoms with Crippen molar-refractivity contribution in [3.63, 3.8) is 0 Å². The molecule has 1 aliphatic rings. The van der Waals surface area contributed by atoms with Gasteiger partial charge in [-0.2, -0.15) is 0 Å². The monoisotopic (exact) mass is 399 g/mol. The van der Waals surface area contributed by atoms with Crippen molar-refractivity contribution in [2.45, 2.75) is 31.4 Å². The number of halogens is 1. The minimum absolute atomic E-state index is 0.210. The van der Waals surface area contributed by atoms with Crippen LogP contribution in [0, 0.1) is 0 Å². The summed E-state index contributed by atoms with van der Waals surface area (Å²) in [5.41, 5.74) is 2.36. The Morgan fingerprint density at radius 1 is 1.12 bits per heavy atom. The highest BCUT2D eigenvalue weighted by Crippen LogP contribution is 2.36. The molecule has 1 atom stereocenters. The van der Waals surface area contributed by atoms with Gasteiger partial charge in [0.1, 0.15) is 5.82 Å². The van der Waals surface area contributed by atoms with Crippen molar-refractivity contribution in [1.82, 2.24) is 14.9 Å². The lowest BCUT2D eigenvalue weighted by molar-refractivity contribution is -0.0350. The van der Waals surface area contributed by atoms with Gasteiger partial charge in [0.2, 0.25) is 0 Å². The van der Waals surface area contributed by atoms with Crippen LogP contribution in [0.15, 0.2) is 53.0 Å². The molecule has 3 aromatic rings. The number of hydrogen-bond donors (Lipinski definition) is 2. The van der Waals surface area contributed by atoms with Crippen LogP contribution in [0.5, 0.6) is 0 Å². The number of H-pyrrole nitrogens is 1.